The molecule has 1 unspecified atom stereocenters. The van der Waals surface area contributed by atoms with Crippen molar-refractivity contribution in [1.29, 1.82) is 0 Å². The van der Waals surface area contributed by atoms with Gasteiger partial charge in [0.25, 0.3) is 0 Å². The van der Waals surface area contributed by atoms with Crippen LogP contribution in [0, 0.1) is 6.92 Å². The van der Waals surface area contributed by atoms with Crippen LogP contribution in [0.4, 0.5) is 4.79 Å². The molecule has 0 aliphatic carbocycles. The monoisotopic (exact) mass is 258 g/mol. The quantitative estimate of drug-likeness (QED) is 0.857. The van der Waals surface area contributed by atoms with Gasteiger partial charge in [-0.1, -0.05) is 0 Å². The molecule has 76 valence electrons. The molecule has 0 saturated carbocycles. The van der Waals surface area contributed by atoms with Crippen molar-refractivity contribution in [1.82, 2.24) is 10.3 Å². The fraction of sp³-hybridized carbons (Fsp3) is 0.333. The largest absolute Gasteiger partial charge is 0.465 e. The van der Waals surface area contributed by atoms with Crippen molar-refractivity contribution in [2.45, 2.75) is 19.9 Å². The maximum absolute atomic E-state index is 10.4. The lowest BCUT2D eigenvalue weighted by atomic mass is 10.1. The van der Waals surface area contributed by atoms with Crippen LogP contribution in [-0.2, 0) is 0 Å². The number of halogens is 1. The van der Waals surface area contributed by atoms with Crippen molar-refractivity contribution in [2.24, 2.45) is 0 Å². The molecule has 1 aromatic rings. The minimum atomic E-state index is -1.04. The minimum Gasteiger partial charge on any atom is -0.465 e. The van der Waals surface area contributed by atoms with Crippen LogP contribution in [-0.4, -0.2) is 16.2 Å². The maximum Gasteiger partial charge on any atom is 0.405 e. The highest BCUT2D eigenvalue weighted by atomic mass is 79.9. The first-order valence-electron chi connectivity index (χ1n) is 4.12. The molecule has 1 amide bonds. The smallest absolute Gasteiger partial charge is 0.405 e. The Labute approximate surface area is 90.5 Å². The van der Waals surface area contributed by atoms with Crippen LogP contribution in [0.25, 0.3) is 0 Å². The van der Waals surface area contributed by atoms with Crippen LogP contribution in [0.1, 0.15) is 24.2 Å². The first-order chi connectivity index (χ1) is 6.50. The summed E-state index contributed by atoms with van der Waals surface area (Å²) >= 11 is 3.30. The molecule has 0 aliphatic heterocycles. The summed E-state index contributed by atoms with van der Waals surface area (Å²) in [5.41, 5.74) is 1.70. The second-order valence-corrected chi connectivity index (χ2v) is 3.94. The van der Waals surface area contributed by atoms with Gasteiger partial charge in [-0.05, 0) is 41.4 Å². The lowest BCUT2D eigenvalue weighted by molar-refractivity contribution is 0.190. The van der Waals surface area contributed by atoms with Gasteiger partial charge in [0.2, 0.25) is 0 Å². The summed E-state index contributed by atoms with van der Waals surface area (Å²) in [4.78, 5) is 14.6. The number of nitrogens with one attached hydrogen (secondary N) is 1. The number of rotatable bonds is 2. The molecule has 1 atom stereocenters. The van der Waals surface area contributed by atoms with Gasteiger partial charge in [0.15, 0.2) is 0 Å². The summed E-state index contributed by atoms with van der Waals surface area (Å²) in [6.45, 7) is 3.66. The third kappa shape index (κ3) is 2.70. The lowest BCUT2D eigenvalue weighted by Gasteiger charge is -2.13. The molecule has 1 heterocycles. The number of carboxylic acid groups (broad SMARTS) is 1. The van der Waals surface area contributed by atoms with Crippen LogP contribution < -0.4 is 5.32 Å². The van der Waals surface area contributed by atoms with E-state index in [2.05, 4.69) is 26.2 Å². The van der Waals surface area contributed by atoms with E-state index in [1.807, 2.05) is 13.0 Å². The van der Waals surface area contributed by atoms with Crippen LogP contribution in [0.3, 0.4) is 0 Å². The second kappa shape index (κ2) is 4.41. The SMILES string of the molecule is Cc1cc(Br)cnc1C(C)NC(=O)O. The fourth-order valence-electron chi connectivity index (χ4n) is 1.26. The van der Waals surface area contributed by atoms with Gasteiger partial charge in [-0.2, -0.15) is 0 Å². The van der Waals surface area contributed by atoms with Crippen molar-refractivity contribution < 1.29 is 9.90 Å². The number of amides is 1. The molecule has 0 radical (unpaired) electrons. The molecule has 5 heteroatoms. The normalized spacial score (nSPS) is 12.2. The van der Waals surface area contributed by atoms with E-state index in [1.54, 1.807) is 13.1 Å². The zero-order valence-electron chi connectivity index (χ0n) is 7.91. The van der Waals surface area contributed by atoms with Crippen molar-refractivity contribution in [3.8, 4) is 0 Å². The summed E-state index contributed by atoms with van der Waals surface area (Å²) in [7, 11) is 0. The Balaban J connectivity index is 2.90. The Morgan fingerprint density at radius 1 is 1.71 bits per heavy atom. The molecule has 0 saturated heterocycles. The number of hydrogen-bond donors (Lipinski definition) is 2. The second-order valence-electron chi connectivity index (χ2n) is 3.03. The highest BCUT2D eigenvalue weighted by Crippen LogP contribution is 2.18. The zero-order valence-corrected chi connectivity index (χ0v) is 9.50. The van der Waals surface area contributed by atoms with Crippen LogP contribution in [0.5, 0.6) is 0 Å². The van der Waals surface area contributed by atoms with Crippen molar-refractivity contribution in [3.05, 3.63) is 28.0 Å². The predicted molar refractivity (Wildman–Crippen MR) is 56.2 cm³/mol. The van der Waals surface area contributed by atoms with Crippen molar-refractivity contribution in [3.63, 3.8) is 0 Å². The number of aryl methyl sites for hydroxylation is 1. The van der Waals surface area contributed by atoms with Crippen molar-refractivity contribution in [2.75, 3.05) is 0 Å². The van der Waals surface area contributed by atoms with E-state index in [1.165, 1.54) is 0 Å². The molecule has 0 aromatic carbocycles. The Morgan fingerprint density at radius 3 is 2.86 bits per heavy atom. The summed E-state index contributed by atoms with van der Waals surface area (Å²) in [5, 5.41) is 10.9. The molecule has 1 aromatic heterocycles. The third-order valence-electron chi connectivity index (χ3n) is 1.84. The molecule has 2 N–H and O–H groups in total. The molecule has 0 bridgehead atoms. The maximum atomic E-state index is 10.4. The van der Waals surface area contributed by atoms with E-state index in [9.17, 15) is 4.79 Å². The highest BCUT2D eigenvalue weighted by molar-refractivity contribution is 9.10. The molecule has 0 aliphatic rings. The van der Waals surface area contributed by atoms with Gasteiger partial charge in [0.1, 0.15) is 0 Å². The van der Waals surface area contributed by atoms with E-state index in [4.69, 9.17) is 5.11 Å². The van der Waals surface area contributed by atoms with Crippen LogP contribution >= 0.6 is 15.9 Å². The molecule has 0 fully saturated rings. The Hall–Kier alpha value is -1.10. The summed E-state index contributed by atoms with van der Waals surface area (Å²) in [5.74, 6) is 0. The van der Waals surface area contributed by atoms with E-state index in [0.29, 0.717) is 0 Å². The standard InChI is InChI=1S/C9H11BrN2O2/c1-5-3-7(10)4-11-8(5)6(2)12-9(13)14/h3-4,6,12H,1-2H3,(H,13,14). The third-order valence-corrected chi connectivity index (χ3v) is 2.27. The number of pyridine rings is 1. The highest BCUT2D eigenvalue weighted by Gasteiger charge is 2.11. The molecule has 1 rings (SSSR count). The molecular formula is C9H11BrN2O2. The number of carbonyl (C=O) groups is 1. The van der Waals surface area contributed by atoms with Gasteiger partial charge in [-0.15, -0.1) is 0 Å². The molecule has 4 nitrogen and oxygen atoms in total. The van der Waals surface area contributed by atoms with Gasteiger partial charge >= 0.3 is 6.09 Å². The van der Waals surface area contributed by atoms with E-state index in [-0.39, 0.29) is 6.04 Å². The fourth-order valence-corrected chi connectivity index (χ4v) is 1.70. The van der Waals surface area contributed by atoms with Gasteiger partial charge in [-0.25, -0.2) is 4.79 Å². The average Bonchev–Trinajstić information content (AvgIpc) is 2.01. The molecule has 0 spiro atoms. The van der Waals surface area contributed by atoms with Crippen LogP contribution in [0.15, 0.2) is 16.7 Å². The number of aromatic nitrogens is 1. The van der Waals surface area contributed by atoms with E-state index < -0.39 is 6.09 Å². The number of hydrogen-bond acceptors (Lipinski definition) is 2. The Kier molecular flexibility index (Phi) is 3.46. The first-order valence-corrected chi connectivity index (χ1v) is 4.91. The van der Waals surface area contributed by atoms with Gasteiger partial charge < -0.3 is 10.4 Å². The van der Waals surface area contributed by atoms with Crippen LogP contribution in [0.2, 0.25) is 0 Å². The Bertz CT molecular complexity index is 355. The summed E-state index contributed by atoms with van der Waals surface area (Å²) in [6, 6.07) is 1.61. The minimum absolute atomic E-state index is 0.291. The number of nitrogens with zero attached hydrogens (tertiary/aromatic N) is 1. The Morgan fingerprint density at radius 2 is 2.36 bits per heavy atom. The average molecular weight is 259 g/mol. The predicted octanol–water partition coefficient (Wildman–Crippen LogP) is 2.48. The summed E-state index contributed by atoms with van der Waals surface area (Å²) < 4.78 is 0.890. The topological polar surface area (TPSA) is 62.2 Å². The first kappa shape index (κ1) is 11.0. The molecular weight excluding hydrogens is 248 g/mol. The zero-order chi connectivity index (χ0) is 10.7. The summed E-state index contributed by atoms with van der Waals surface area (Å²) in [6.07, 6.45) is 0.615. The molecule has 14 heavy (non-hydrogen) atoms. The van der Waals surface area contributed by atoms with Gasteiger partial charge in [0.05, 0.1) is 11.7 Å². The van der Waals surface area contributed by atoms with E-state index in [0.717, 1.165) is 15.7 Å². The van der Waals surface area contributed by atoms with Gasteiger partial charge in [0, 0.05) is 10.7 Å². The van der Waals surface area contributed by atoms with E-state index >= 15 is 0 Å². The van der Waals surface area contributed by atoms with Gasteiger partial charge in [-0.3, -0.25) is 4.98 Å². The lowest BCUT2D eigenvalue weighted by Crippen LogP contribution is -2.25. The van der Waals surface area contributed by atoms with Crippen molar-refractivity contribution >= 4 is 22.0 Å².